The molecule has 2 aromatic carbocycles. The van der Waals surface area contributed by atoms with Gasteiger partial charge in [0.25, 0.3) is 11.1 Å². The molecule has 0 aliphatic rings. The second-order valence-electron chi connectivity index (χ2n) is 5.83. The van der Waals surface area contributed by atoms with Crippen LogP contribution in [0, 0.1) is 0 Å². The van der Waals surface area contributed by atoms with Gasteiger partial charge in [-0.2, -0.15) is 0 Å². The Morgan fingerprint density at radius 3 is 2.37 bits per heavy atom. The maximum Gasteiger partial charge on any atom is 0.277 e. The molecule has 9 nitrogen and oxygen atoms in total. The number of thioether (sulfide) groups is 1. The van der Waals surface area contributed by atoms with Gasteiger partial charge in [-0.15, -0.1) is 10.2 Å². The molecule has 0 aliphatic carbocycles. The van der Waals surface area contributed by atoms with Crippen molar-refractivity contribution in [2.45, 2.75) is 11.8 Å². The number of hydrogen-bond acceptors (Lipinski definition) is 9. The third-order valence-corrected chi connectivity index (χ3v) is 4.70. The van der Waals surface area contributed by atoms with Crippen LogP contribution in [0.1, 0.15) is 5.89 Å². The first-order chi connectivity index (χ1) is 14.6. The molecule has 0 bridgehead atoms. The van der Waals surface area contributed by atoms with Gasteiger partial charge in [0.2, 0.25) is 5.91 Å². The Bertz CT molecular complexity index is 977. The summed E-state index contributed by atoms with van der Waals surface area (Å²) in [6.07, 6.45) is 0. The summed E-state index contributed by atoms with van der Waals surface area (Å²) in [4.78, 5) is 12.3. The fourth-order valence-corrected chi connectivity index (χ4v) is 2.98. The first kappa shape index (κ1) is 21.3. The molecule has 1 heterocycles. The van der Waals surface area contributed by atoms with E-state index in [1.807, 2.05) is 0 Å². The van der Waals surface area contributed by atoms with Gasteiger partial charge in [0, 0.05) is 6.07 Å². The van der Waals surface area contributed by atoms with E-state index in [9.17, 15) is 4.79 Å². The molecule has 0 fully saturated rings. The van der Waals surface area contributed by atoms with E-state index in [1.165, 1.54) is 7.11 Å². The molecule has 1 N–H and O–H groups in total. The van der Waals surface area contributed by atoms with Gasteiger partial charge >= 0.3 is 0 Å². The average Bonchev–Trinajstić information content (AvgIpc) is 3.24. The van der Waals surface area contributed by atoms with E-state index in [0.717, 1.165) is 17.5 Å². The van der Waals surface area contributed by atoms with Crippen LogP contribution in [-0.4, -0.2) is 43.2 Å². The van der Waals surface area contributed by atoms with Crippen molar-refractivity contribution in [3.05, 3.63) is 48.4 Å². The third-order valence-electron chi connectivity index (χ3n) is 3.88. The second kappa shape index (κ2) is 10.4. The lowest BCUT2D eigenvalue weighted by Gasteiger charge is -2.11. The molecular formula is C20H21N3O6S. The van der Waals surface area contributed by atoms with Crippen molar-refractivity contribution in [3.63, 3.8) is 0 Å². The van der Waals surface area contributed by atoms with E-state index in [2.05, 4.69) is 15.5 Å². The smallest absolute Gasteiger partial charge is 0.277 e. The molecule has 0 radical (unpaired) electrons. The second-order valence-corrected chi connectivity index (χ2v) is 6.76. The van der Waals surface area contributed by atoms with Gasteiger partial charge in [0.05, 0.1) is 32.8 Å². The van der Waals surface area contributed by atoms with Crippen LogP contribution in [0.15, 0.2) is 52.1 Å². The highest BCUT2D eigenvalue weighted by molar-refractivity contribution is 7.99. The van der Waals surface area contributed by atoms with Crippen molar-refractivity contribution in [1.29, 1.82) is 0 Å². The first-order valence-corrected chi connectivity index (χ1v) is 9.83. The molecule has 0 saturated carbocycles. The average molecular weight is 431 g/mol. The maximum absolute atomic E-state index is 12.3. The molecule has 30 heavy (non-hydrogen) atoms. The number of rotatable bonds is 10. The summed E-state index contributed by atoms with van der Waals surface area (Å²) in [6.45, 7) is 0.118. The topological polar surface area (TPSA) is 105 Å². The Labute approximate surface area is 177 Å². The number of nitrogens with one attached hydrogen (secondary N) is 1. The highest BCUT2D eigenvalue weighted by Gasteiger charge is 2.13. The van der Waals surface area contributed by atoms with E-state index in [4.69, 9.17) is 23.4 Å². The Kier molecular flexibility index (Phi) is 7.39. The first-order valence-electron chi connectivity index (χ1n) is 8.85. The van der Waals surface area contributed by atoms with E-state index in [1.54, 1.807) is 56.7 Å². The summed E-state index contributed by atoms with van der Waals surface area (Å²) in [6, 6.07) is 12.3. The van der Waals surface area contributed by atoms with E-state index < -0.39 is 0 Å². The minimum absolute atomic E-state index is 0.0847. The lowest BCUT2D eigenvalue weighted by atomic mass is 10.2. The fraction of sp³-hybridized carbons (Fsp3) is 0.250. The lowest BCUT2D eigenvalue weighted by Crippen LogP contribution is -2.14. The fourth-order valence-electron chi connectivity index (χ4n) is 2.40. The SMILES string of the molecule is COc1ccc(OCc2nnc(SCC(=O)Nc3cc(OC)ccc3OC)o2)cc1. The summed E-state index contributed by atoms with van der Waals surface area (Å²) in [7, 11) is 4.68. The standard InChI is InChI=1S/C20H21N3O6S/c1-25-13-4-6-14(7-5-13)28-11-19-22-23-20(29-19)30-12-18(24)21-16-10-15(26-2)8-9-17(16)27-3/h4-10H,11-12H2,1-3H3,(H,21,24). The highest BCUT2D eigenvalue weighted by Crippen LogP contribution is 2.29. The zero-order chi connectivity index (χ0) is 21.3. The number of benzene rings is 2. The summed E-state index contributed by atoms with van der Waals surface area (Å²) in [5.41, 5.74) is 0.515. The van der Waals surface area contributed by atoms with Gasteiger partial charge in [-0.05, 0) is 36.4 Å². The van der Waals surface area contributed by atoms with Crippen molar-refractivity contribution in [2.24, 2.45) is 0 Å². The monoisotopic (exact) mass is 431 g/mol. The predicted octanol–water partition coefficient (Wildman–Crippen LogP) is 3.41. The Morgan fingerprint density at radius 2 is 1.67 bits per heavy atom. The largest absolute Gasteiger partial charge is 0.497 e. The number of ether oxygens (including phenoxy) is 4. The van der Waals surface area contributed by atoms with Crippen LogP contribution < -0.4 is 24.3 Å². The molecule has 0 unspecified atom stereocenters. The van der Waals surface area contributed by atoms with Gasteiger partial charge in [-0.25, -0.2) is 0 Å². The number of hydrogen-bond donors (Lipinski definition) is 1. The van der Waals surface area contributed by atoms with E-state index in [-0.39, 0.29) is 23.5 Å². The lowest BCUT2D eigenvalue weighted by molar-refractivity contribution is -0.113. The van der Waals surface area contributed by atoms with Crippen molar-refractivity contribution in [3.8, 4) is 23.0 Å². The normalized spacial score (nSPS) is 10.4. The van der Waals surface area contributed by atoms with Gasteiger partial charge < -0.3 is 28.7 Å². The molecule has 0 atom stereocenters. The molecule has 3 rings (SSSR count). The van der Waals surface area contributed by atoms with Crippen LogP contribution in [0.4, 0.5) is 5.69 Å². The molecule has 3 aromatic rings. The maximum atomic E-state index is 12.3. The predicted molar refractivity (Wildman–Crippen MR) is 111 cm³/mol. The van der Waals surface area contributed by atoms with E-state index >= 15 is 0 Å². The molecule has 1 aromatic heterocycles. The third kappa shape index (κ3) is 5.80. The van der Waals surface area contributed by atoms with Crippen molar-refractivity contribution in [2.75, 3.05) is 32.4 Å². The van der Waals surface area contributed by atoms with Gasteiger partial charge in [0.15, 0.2) is 6.61 Å². The van der Waals surface area contributed by atoms with Crippen LogP contribution in [0.25, 0.3) is 0 Å². The van der Waals surface area contributed by atoms with Crippen LogP contribution >= 0.6 is 11.8 Å². The number of carbonyl (C=O) groups excluding carboxylic acids is 1. The highest BCUT2D eigenvalue weighted by atomic mass is 32.2. The van der Waals surface area contributed by atoms with E-state index in [0.29, 0.717) is 28.8 Å². The molecule has 1 amide bonds. The number of amides is 1. The van der Waals surface area contributed by atoms with Crippen LogP contribution in [0.2, 0.25) is 0 Å². The van der Waals surface area contributed by atoms with Crippen LogP contribution in [0.3, 0.4) is 0 Å². The van der Waals surface area contributed by atoms with Gasteiger partial charge in [0.1, 0.15) is 23.0 Å². The summed E-state index contributed by atoms with van der Waals surface area (Å²) in [5, 5.41) is 10.9. The van der Waals surface area contributed by atoms with Gasteiger partial charge in [-0.3, -0.25) is 4.79 Å². The summed E-state index contributed by atoms with van der Waals surface area (Å²) < 4.78 is 26.6. The minimum Gasteiger partial charge on any atom is -0.497 e. The molecule has 0 spiro atoms. The molecule has 0 aliphatic heterocycles. The zero-order valence-corrected chi connectivity index (χ0v) is 17.5. The molecule has 158 valence electrons. The Hall–Kier alpha value is -3.40. The molecular weight excluding hydrogens is 410 g/mol. The quantitative estimate of drug-likeness (QED) is 0.484. The summed E-state index contributed by atoms with van der Waals surface area (Å²) in [5.74, 6) is 2.67. The number of aromatic nitrogens is 2. The number of methoxy groups -OCH3 is 3. The van der Waals surface area contributed by atoms with Crippen LogP contribution in [-0.2, 0) is 11.4 Å². The number of carbonyl (C=O) groups is 1. The van der Waals surface area contributed by atoms with Crippen LogP contribution in [0.5, 0.6) is 23.0 Å². The Morgan fingerprint density at radius 1 is 0.967 bits per heavy atom. The number of anilines is 1. The minimum atomic E-state index is -0.249. The summed E-state index contributed by atoms with van der Waals surface area (Å²) >= 11 is 1.12. The zero-order valence-electron chi connectivity index (χ0n) is 16.7. The van der Waals surface area contributed by atoms with Gasteiger partial charge in [-0.1, -0.05) is 11.8 Å². The Balaban J connectivity index is 1.49. The number of nitrogens with zero attached hydrogens (tertiary/aromatic N) is 2. The van der Waals surface area contributed by atoms with Crippen molar-refractivity contribution < 1.29 is 28.2 Å². The molecule has 0 saturated heterocycles. The molecule has 10 heteroatoms. The van der Waals surface area contributed by atoms with Crippen molar-refractivity contribution in [1.82, 2.24) is 10.2 Å². The van der Waals surface area contributed by atoms with Crippen molar-refractivity contribution >= 4 is 23.4 Å².